The molecule has 2 rings (SSSR count). The lowest BCUT2D eigenvalue weighted by Crippen LogP contribution is -2.34. The Morgan fingerprint density at radius 3 is 1.09 bits per heavy atom. The topological polar surface area (TPSA) is 60.4 Å². The predicted molar refractivity (Wildman–Crippen MR) is 228 cm³/mol. The van der Waals surface area contributed by atoms with Gasteiger partial charge in [0.25, 0.3) is 0 Å². The third-order valence-corrected chi connectivity index (χ3v) is 13.3. The van der Waals surface area contributed by atoms with Crippen molar-refractivity contribution in [3.05, 3.63) is 32.2 Å². The van der Waals surface area contributed by atoms with E-state index in [0.29, 0.717) is 26.1 Å². The van der Waals surface area contributed by atoms with Gasteiger partial charge in [0, 0.05) is 52.4 Å². The van der Waals surface area contributed by atoms with Crippen molar-refractivity contribution in [2.24, 2.45) is 0 Å². The second-order valence-corrected chi connectivity index (χ2v) is 17.7. The molecule has 2 aromatic rings. The van der Waals surface area contributed by atoms with Crippen molar-refractivity contribution in [2.45, 2.75) is 233 Å². The third-order valence-electron chi connectivity index (χ3n) is 11.0. The van der Waals surface area contributed by atoms with Gasteiger partial charge in [0.1, 0.15) is 13.1 Å². The standard InChI is InChI=1S/C46H82N2O4S2/c1-5-7-9-11-13-15-17-21-25-29-35-47-39-53-43(41(47)3)33-37-51-45(49)31-27-23-19-20-24-28-32-46(50)52-38-34-44-42(4)48(40-54-44)36-30-26-22-18-16-14-12-10-8-6-2/h39-40H,5-38H2,1-4H3/q+2. The molecule has 0 atom stereocenters. The molecule has 310 valence electrons. The molecular weight excluding hydrogens is 709 g/mol. The molecule has 0 N–H and O–H groups in total. The van der Waals surface area contributed by atoms with Crippen molar-refractivity contribution in [3.8, 4) is 0 Å². The number of unbranched alkanes of at least 4 members (excludes halogenated alkanes) is 23. The van der Waals surface area contributed by atoms with E-state index in [1.165, 1.54) is 150 Å². The van der Waals surface area contributed by atoms with Crippen LogP contribution in [0.25, 0.3) is 0 Å². The molecule has 8 heteroatoms. The van der Waals surface area contributed by atoms with Crippen LogP contribution < -0.4 is 9.13 Å². The van der Waals surface area contributed by atoms with Crippen LogP contribution in [0.4, 0.5) is 0 Å². The average Bonchev–Trinajstić information content (AvgIpc) is 3.70. The summed E-state index contributed by atoms with van der Waals surface area (Å²) in [5.41, 5.74) is 7.14. The molecule has 6 nitrogen and oxygen atoms in total. The quantitative estimate of drug-likeness (QED) is 0.0388. The summed E-state index contributed by atoms with van der Waals surface area (Å²) in [7, 11) is 0. The number of carbonyl (C=O) groups is 2. The zero-order valence-corrected chi connectivity index (χ0v) is 37.2. The molecule has 54 heavy (non-hydrogen) atoms. The number of thiazole rings is 2. The van der Waals surface area contributed by atoms with Gasteiger partial charge in [-0.25, -0.2) is 0 Å². The molecule has 0 saturated carbocycles. The number of aryl methyl sites for hydroxylation is 2. The smallest absolute Gasteiger partial charge is 0.305 e. The molecule has 2 heterocycles. The molecule has 0 unspecified atom stereocenters. The van der Waals surface area contributed by atoms with Gasteiger partial charge < -0.3 is 9.47 Å². The Bertz CT molecular complexity index is 1120. The van der Waals surface area contributed by atoms with E-state index >= 15 is 0 Å². The van der Waals surface area contributed by atoms with Gasteiger partial charge in [0.15, 0.2) is 11.4 Å². The predicted octanol–water partition coefficient (Wildman–Crippen LogP) is 12.8. The van der Waals surface area contributed by atoms with Crippen molar-refractivity contribution >= 4 is 34.6 Å². The van der Waals surface area contributed by atoms with Gasteiger partial charge in [0.05, 0.1) is 23.0 Å². The van der Waals surface area contributed by atoms with Gasteiger partial charge in [-0.15, -0.1) is 0 Å². The van der Waals surface area contributed by atoms with Crippen LogP contribution in [0, 0.1) is 13.8 Å². The zero-order valence-electron chi connectivity index (χ0n) is 35.5. The normalized spacial score (nSPS) is 11.4. The first-order valence-corrected chi connectivity index (χ1v) is 24.5. The number of rotatable bonds is 37. The van der Waals surface area contributed by atoms with E-state index in [4.69, 9.17) is 9.47 Å². The summed E-state index contributed by atoms with van der Waals surface area (Å²) in [6, 6.07) is 0. The lowest BCUT2D eigenvalue weighted by molar-refractivity contribution is -0.698. The fourth-order valence-electron chi connectivity index (χ4n) is 7.27. The Morgan fingerprint density at radius 1 is 0.463 bits per heavy atom. The Kier molecular flexibility index (Phi) is 29.9. The number of nitrogens with zero attached hydrogens (tertiary/aromatic N) is 2. The Labute approximate surface area is 340 Å². The van der Waals surface area contributed by atoms with Crippen LogP contribution >= 0.6 is 22.7 Å². The van der Waals surface area contributed by atoms with Crippen molar-refractivity contribution in [1.82, 2.24) is 0 Å². The number of hydrogen-bond acceptors (Lipinski definition) is 6. The van der Waals surface area contributed by atoms with Crippen LogP contribution in [-0.2, 0) is 45.0 Å². The first-order chi connectivity index (χ1) is 26.5. The first kappa shape index (κ1) is 48.3. The van der Waals surface area contributed by atoms with Crippen molar-refractivity contribution < 1.29 is 28.2 Å². The highest BCUT2D eigenvalue weighted by Crippen LogP contribution is 2.17. The number of esters is 2. The molecule has 0 aliphatic rings. The minimum atomic E-state index is -0.0770. The lowest BCUT2D eigenvalue weighted by Gasteiger charge is -2.05. The number of aromatic nitrogens is 2. The average molecular weight is 791 g/mol. The Morgan fingerprint density at radius 2 is 0.759 bits per heavy atom. The van der Waals surface area contributed by atoms with Crippen LogP contribution in [-0.4, -0.2) is 25.2 Å². The minimum Gasteiger partial charge on any atom is -0.465 e. The summed E-state index contributed by atoms with van der Waals surface area (Å²) < 4.78 is 15.9. The van der Waals surface area contributed by atoms with E-state index < -0.39 is 0 Å². The highest BCUT2D eigenvalue weighted by atomic mass is 32.1. The lowest BCUT2D eigenvalue weighted by atomic mass is 10.1. The molecular formula is C46H82N2O4S2+2. The van der Waals surface area contributed by atoms with Gasteiger partial charge in [-0.2, -0.15) is 9.13 Å². The molecule has 0 bridgehead atoms. The van der Waals surface area contributed by atoms with Crippen LogP contribution in [0.2, 0.25) is 0 Å². The van der Waals surface area contributed by atoms with Gasteiger partial charge >= 0.3 is 11.9 Å². The fraction of sp³-hybridized carbons (Fsp3) is 0.826. The summed E-state index contributed by atoms with van der Waals surface area (Å²) in [5.74, 6) is -0.154. The minimum absolute atomic E-state index is 0.0770. The molecule has 0 aromatic carbocycles. The maximum atomic E-state index is 12.3. The molecule has 0 saturated heterocycles. The van der Waals surface area contributed by atoms with Crippen LogP contribution in [0.5, 0.6) is 0 Å². The van der Waals surface area contributed by atoms with Gasteiger partial charge in [-0.1, -0.05) is 165 Å². The third kappa shape index (κ3) is 24.0. The second kappa shape index (κ2) is 33.4. The molecule has 0 aliphatic heterocycles. The van der Waals surface area contributed by atoms with Crippen LogP contribution in [0.3, 0.4) is 0 Å². The number of carbonyl (C=O) groups excluding carboxylic acids is 2. The van der Waals surface area contributed by atoms with Crippen molar-refractivity contribution in [1.29, 1.82) is 0 Å². The second-order valence-electron chi connectivity index (χ2n) is 15.8. The van der Waals surface area contributed by atoms with Gasteiger partial charge in [-0.05, 0) is 25.7 Å². The summed E-state index contributed by atoms with van der Waals surface area (Å²) in [6.07, 6.45) is 35.9. The number of hydrogen-bond donors (Lipinski definition) is 0. The zero-order chi connectivity index (χ0) is 38.9. The van der Waals surface area contributed by atoms with E-state index in [9.17, 15) is 9.59 Å². The summed E-state index contributed by atoms with van der Waals surface area (Å²) in [5, 5.41) is 0. The Balaban J connectivity index is 1.39. The largest absolute Gasteiger partial charge is 0.465 e. The van der Waals surface area contributed by atoms with Crippen LogP contribution in [0.15, 0.2) is 11.0 Å². The molecule has 2 aromatic heterocycles. The molecule has 0 aliphatic carbocycles. The fourth-order valence-corrected chi connectivity index (χ4v) is 9.28. The van der Waals surface area contributed by atoms with E-state index in [0.717, 1.165) is 64.5 Å². The van der Waals surface area contributed by atoms with Gasteiger partial charge in [0.2, 0.25) is 11.0 Å². The first-order valence-electron chi connectivity index (χ1n) is 22.7. The molecule has 0 amide bonds. The summed E-state index contributed by atoms with van der Waals surface area (Å²) >= 11 is 3.59. The maximum Gasteiger partial charge on any atom is 0.305 e. The SMILES string of the molecule is CCCCCCCCCCCC[n+]1csc(CCOC(=O)CCCCCCCCC(=O)OCCc2sc[n+](CCCCCCCCCCCC)c2C)c1C. The summed E-state index contributed by atoms with van der Waals surface area (Å²) in [6.45, 7) is 12.1. The van der Waals surface area contributed by atoms with Crippen molar-refractivity contribution in [2.75, 3.05) is 13.2 Å². The molecule has 0 spiro atoms. The highest BCUT2D eigenvalue weighted by Gasteiger charge is 2.17. The molecule has 0 radical (unpaired) electrons. The van der Waals surface area contributed by atoms with E-state index in [-0.39, 0.29) is 11.9 Å². The summed E-state index contributed by atoms with van der Waals surface area (Å²) in [4.78, 5) is 27.2. The monoisotopic (exact) mass is 791 g/mol. The van der Waals surface area contributed by atoms with Crippen molar-refractivity contribution in [3.63, 3.8) is 0 Å². The maximum absolute atomic E-state index is 12.3. The van der Waals surface area contributed by atoms with Gasteiger partial charge in [-0.3, -0.25) is 9.59 Å². The number of ether oxygens (including phenoxy) is 2. The van der Waals surface area contributed by atoms with E-state index in [1.54, 1.807) is 22.7 Å². The highest BCUT2D eigenvalue weighted by molar-refractivity contribution is 7.09. The molecule has 0 fully saturated rings. The Hall–Kier alpha value is -1.80. The van der Waals surface area contributed by atoms with Crippen LogP contribution in [0.1, 0.15) is 215 Å². The van der Waals surface area contributed by atoms with E-state index in [1.807, 2.05) is 0 Å². The van der Waals surface area contributed by atoms with E-state index in [2.05, 4.69) is 47.9 Å².